The number of nitrogens with zero attached hydrogens (tertiary/aromatic N) is 3. The van der Waals surface area contributed by atoms with Gasteiger partial charge in [-0.3, -0.25) is 4.90 Å². The summed E-state index contributed by atoms with van der Waals surface area (Å²) < 4.78 is 36.1. The van der Waals surface area contributed by atoms with Gasteiger partial charge in [-0.2, -0.15) is 0 Å². The molecule has 1 unspecified atom stereocenters. The summed E-state index contributed by atoms with van der Waals surface area (Å²) in [6.45, 7) is 6.18. The van der Waals surface area contributed by atoms with E-state index in [1.165, 1.54) is 25.5 Å². The first-order valence-corrected chi connectivity index (χ1v) is 12.0. The first-order chi connectivity index (χ1) is 15.2. The average molecular weight is 462 g/mol. The van der Waals surface area contributed by atoms with Crippen molar-refractivity contribution in [3.63, 3.8) is 0 Å². The number of methoxy groups -OCH3 is 1. The Balaban J connectivity index is 1.48. The first kappa shape index (κ1) is 24.0. The maximum atomic E-state index is 12.1. The molecular weight excluding hydrogens is 430 g/mol. The summed E-state index contributed by atoms with van der Waals surface area (Å²) in [6.07, 6.45) is 0. The van der Waals surface area contributed by atoms with Crippen LogP contribution in [-0.2, 0) is 14.8 Å². The highest BCUT2D eigenvalue weighted by Crippen LogP contribution is 2.21. The fourth-order valence-corrected chi connectivity index (χ4v) is 4.59. The smallest absolute Gasteiger partial charge is 0.337 e. The number of ether oxygens (including phenoxy) is 2. The molecule has 2 aromatic rings. The monoisotopic (exact) mass is 461 g/mol. The normalized spacial score (nSPS) is 17.4. The quantitative estimate of drug-likeness (QED) is 0.558. The molecule has 1 aliphatic rings. The lowest BCUT2D eigenvalue weighted by Gasteiger charge is -2.41. The van der Waals surface area contributed by atoms with E-state index in [0.717, 1.165) is 31.9 Å². The van der Waals surface area contributed by atoms with Crippen molar-refractivity contribution in [3.05, 3.63) is 54.1 Å². The van der Waals surface area contributed by atoms with Gasteiger partial charge in [0, 0.05) is 52.0 Å². The van der Waals surface area contributed by atoms with Crippen molar-refractivity contribution in [3.8, 4) is 5.75 Å². The van der Waals surface area contributed by atoms with Crippen LogP contribution >= 0.6 is 0 Å². The van der Waals surface area contributed by atoms with E-state index in [1.807, 2.05) is 12.1 Å². The second-order valence-electron chi connectivity index (χ2n) is 7.98. The molecule has 0 aromatic heterocycles. The molecule has 0 bridgehead atoms. The Morgan fingerprint density at radius 2 is 1.72 bits per heavy atom. The van der Waals surface area contributed by atoms with Gasteiger partial charge in [-0.05, 0) is 55.5 Å². The van der Waals surface area contributed by atoms with Crippen LogP contribution < -0.4 is 9.64 Å². The molecule has 1 heterocycles. The van der Waals surface area contributed by atoms with Crippen molar-refractivity contribution in [2.45, 2.75) is 17.9 Å². The minimum absolute atomic E-state index is 0.249. The number of carbonyl (C=O) groups excluding carboxylic acids is 1. The van der Waals surface area contributed by atoms with Gasteiger partial charge < -0.3 is 14.4 Å². The number of hydrogen-bond acceptors (Lipinski definition) is 7. The molecule has 0 N–H and O–H groups in total. The highest BCUT2D eigenvalue weighted by Gasteiger charge is 2.24. The third-order valence-corrected chi connectivity index (χ3v) is 7.50. The molecule has 1 saturated heterocycles. The van der Waals surface area contributed by atoms with Crippen LogP contribution in [0.5, 0.6) is 5.75 Å². The Morgan fingerprint density at radius 3 is 2.28 bits per heavy atom. The summed E-state index contributed by atoms with van der Waals surface area (Å²) in [5.74, 6) is 0.323. The van der Waals surface area contributed by atoms with E-state index >= 15 is 0 Å². The number of hydrogen-bond donors (Lipinski definition) is 0. The fraction of sp³-hybridized carbons (Fsp3) is 0.435. The summed E-state index contributed by atoms with van der Waals surface area (Å²) in [4.78, 5) is 16.5. The average Bonchev–Trinajstić information content (AvgIpc) is 2.80. The lowest BCUT2D eigenvalue weighted by molar-refractivity contribution is 0.0600. The van der Waals surface area contributed by atoms with Crippen molar-refractivity contribution in [1.82, 2.24) is 9.21 Å². The number of carbonyl (C=O) groups is 1. The molecule has 0 radical (unpaired) electrons. The third-order valence-electron chi connectivity index (χ3n) is 5.67. The number of piperazine rings is 1. The van der Waals surface area contributed by atoms with E-state index in [0.29, 0.717) is 24.0 Å². The summed E-state index contributed by atoms with van der Waals surface area (Å²) in [7, 11) is 0.971. The maximum absolute atomic E-state index is 12.1. The van der Waals surface area contributed by atoms with Crippen LogP contribution in [0, 0.1) is 0 Å². The van der Waals surface area contributed by atoms with Crippen LogP contribution in [0.3, 0.4) is 0 Å². The molecule has 3 rings (SSSR count). The largest absolute Gasteiger partial charge is 0.492 e. The van der Waals surface area contributed by atoms with Gasteiger partial charge in [0.05, 0.1) is 17.6 Å². The van der Waals surface area contributed by atoms with Crippen molar-refractivity contribution >= 4 is 21.7 Å². The Morgan fingerprint density at radius 1 is 1.06 bits per heavy atom. The van der Waals surface area contributed by atoms with Crippen molar-refractivity contribution < 1.29 is 22.7 Å². The highest BCUT2D eigenvalue weighted by molar-refractivity contribution is 7.89. The second-order valence-corrected chi connectivity index (χ2v) is 10.1. The summed E-state index contributed by atoms with van der Waals surface area (Å²) in [5, 5.41) is 0. The molecule has 0 aliphatic carbocycles. The minimum atomic E-state index is -3.43. The molecule has 2 aromatic carbocycles. The molecule has 0 saturated carbocycles. The highest BCUT2D eigenvalue weighted by atomic mass is 32.2. The zero-order valence-electron chi connectivity index (χ0n) is 19.0. The number of esters is 1. The number of anilines is 1. The van der Waals surface area contributed by atoms with Gasteiger partial charge in [0.25, 0.3) is 0 Å². The van der Waals surface area contributed by atoms with E-state index in [9.17, 15) is 13.2 Å². The van der Waals surface area contributed by atoms with Crippen LogP contribution in [-0.4, -0.2) is 83.6 Å². The molecular formula is C23H31N3O5S. The van der Waals surface area contributed by atoms with E-state index in [-0.39, 0.29) is 10.9 Å². The van der Waals surface area contributed by atoms with Crippen LogP contribution in [0.1, 0.15) is 17.3 Å². The molecule has 8 nitrogen and oxygen atoms in total. The lowest BCUT2D eigenvalue weighted by Crippen LogP contribution is -2.52. The summed E-state index contributed by atoms with van der Waals surface area (Å²) >= 11 is 0. The Labute approximate surface area is 190 Å². The van der Waals surface area contributed by atoms with E-state index in [1.54, 1.807) is 36.4 Å². The van der Waals surface area contributed by atoms with Gasteiger partial charge in [0.15, 0.2) is 0 Å². The van der Waals surface area contributed by atoms with Crippen molar-refractivity contribution in [2.75, 3.05) is 58.9 Å². The number of rotatable bonds is 8. The number of benzene rings is 2. The third kappa shape index (κ3) is 5.59. The molecule has 0 amide bonds. The first-order valence-electron chi connectivity index (χ1n) is 10.5. The molecule has 174 valence electrons. The SMILES string of the molecule is COC(=O)c1ccc(N2CCN(CCOc3ccc(S(=O)(=O)N(C)C)cc3)C(C)C2)cc1. The maximum Gasteiger partial charge on any atom is 0.337 e. The van der Waals surface area contributed by atoms with Gasteiger partial charge in [-0.25, -0.2) is 17.5 Å². The predicted octanol–water partition coefficient (Wildman–Crippen LogP) is 2.31. The van der Waals surface area contributed by atoms with E-state index < -0.39 is 10.0 Å². The molecule has 32 heavy (non-hydrogen) atoms. The Kier molecular flexibility index (Phi) is 7.76. The standard InChI is InChI=1S/C23H31N3O5S/c1-18-17-26(20-7-5-19(6-8-20)23(27)30-4)14-13-25(18)15-16-31-21-9-11-22(12-10-21)32(28,29)24(2)3/h5-12,18H,13-17H2,1-4H3. The lowest BCUT2D eigenvalue weighted by atomic mass is 10.1. The predicted molar refractivity (Wildman–Crippen MR) is 124 cm³/mol. The molecule has 1 fully saturated rings. The van der Waals surface area contributed by atoms with Crippen LogP contribution in [0.25, 0.3) is 0 Å². The van der Waals surface area contributed by atoms with Gasteiger partial charge in [-0.1, -0.05) is 0 Å². The van der Waals surface area contributed by atoms with Crippen LogP contribution in [0.4, 0.5) is 5.69 Å². The zero-order chi connectivity index (χ0) is 23.3. The van der Waals surface area contributed by atoms with Crippen LogP contribution in [0.2, 0.25) is 0 Å². The van der Waals surface area contributed by atoms with Gasteiger partial charge >= 0.3 is 5.97 Å². The minimum Gasteiger partial charge on any atom is -0.492 e. The Bertz CT molecular complexity index is 1010. The van der Waals surface area contributed by atoms with Crippen molar-refractivity contribution in [2.24, 2.45) is 0 Å². The molecule has 0 spiro atoms. The summed E-state index contributed by atoms with van der Waals surface area (Å²) in [6, 6.07) is 14.4. The van der Waals surface area contributed by atoms with Gasteiger partial charge in [0.2, 0.25) is 10.0 Å². The van der Waals surface area contributed by atoms with Gasteiger partial charge in [0.1, 0.15) is 12.4 Å². The zero-order valence-corrected chi connectivity index (χ0v) is 19.8. The van der Waals surface area contributed by atoms with Crippen molar-refractivity contribution in [1.29, 1.82) is 0 Å². The van der Waals surface area contributed by atoms with Crippen LogP contribution in [0.15, 0.2) is 53.4 Å². The molecule has 9 heteroatoms. The Hall–Kier alpha value is -2.62. The topological polar surface area (TPSA) is 79.4 Å². The van der Waals surface area contributed by atoms with Gasteiger partial charge in [-0.15, -0.1) is 0 Å². The van der Waals surface area contributed by atoms with E-state index in [4.69, 9.17) is 9.47 Å². The van der Waals surface area contributed by atoms with E-state index in [2.05, 4.69) is 16.7 Å². The molecule has 1 aliphatic heterocycles. The fourth-order valence-electron chi connectivity index (χ4n) is 3.69. The second kappa shape index (κ2) is 10.3. The summed E-state index contributed by atoms with van der Waals surface area (Å²) in [5.41, 5.74) is 1.64. The number of sulfonamides is 1. The molecule has 1 atom stereocenters.